The molecule has 0 aliphatic rings. The summed E-state index contributed by atoms with van der Waals surface area (Å²) in [6, 6.07) is -0.471. The van der Waals surface area contributed by atoms with Gasteiger partial charge in [-0.3, -0.25) is 4.79 Å². The number of carboxylic acid groups (broad SMARTS) is 1. The Kier molecular flexibility index (Phi) is 4.61. The molecule has 0 saturated heterocycles. The number of hydrogen-bond acceptors (Lipinski definition) is 5. The minimum atomic E-state index is -3.88. The normalized spacial score (nSPS) is 15.4. The maximum absolute atomic E-state index is 11.7. The highest BCUT2D eigenvalue weighted by molar-refractivity contribution is 7.90. The Morgan fingerprint density at radius 3 is 2.71 bits per heavy atom. The molecule has 17 heavy (non-hydrogen) atoms. The van der Waals surface area contributed by atoms with Gasteiger partial charge >= 0.3 is 5.97 Å². The van der Waals surface area contributed by atoms with Gasteiger partial charge in [-0.15, -0.1) is 11.3 Å². The molecule has 0 saturated carbocycles. The molecular weight excluding hydrogens is 264 g/mol. The average Bonchev–Trinajstić information content (AvgIpc) is 2.78. The number of carboxylic acids is 1. The van der Waals surface area contributed by atoms with E-state index in [1.54, 1.807) is 18.5 Å². The van der Waals surface area contributed by atoms with Crippen LogP contribution in [0.25, 0.3) is 0 Å². The van der Waals surface area contributed by atoms with Crippen LogP contribution >= 0.6 is 11.3 Å². The average molecular weight is 278 g/mol. The minimum absolute atomic E-state index is 0.471. The lowest BCUT2D eigenvalue weighted by Crippen LogP contribution is -2.39. The van der Waals surface area contributed by atoms with E-state index in [1.807, 2.05) is 0 Å². The molecule has 1 rings (SSSR count). The highest BCUT2D eigenvalue weighted by Crippen LogP contribution is 2.20. The number of rotatable bonds is 6. The Morgan fingerprint density at radius 1 is 1.65 bits per heavy atom. The van der Waals surface area contributed by atoms with Crippen molar-refractivity contribution in [1.82, 2.24) is 9.71 Å². The molecule has 96 valence electrons. The van der Waals surface area contributed by atoms with E-state index >= 15 is 0 Å². The molecular formula is C9H14N2O4S2. The first-order chi connectivity index (χ1) is 7.88. The first-order valence-electron chi connectivity index (χ1n) is 5.01. The van der Waals surface area contributed by atoms with Gasteiger partial charge in [-0.2, -0.15) is 0 Å². The fourth-order valence-corrected chi connectivity index (χ4v) is 3.14. The SMILES string of the molecule is CCC(NS(=O)(=O)C(C)C(=O)O)c1nccs1. The van der Waals surface area contributed by atoms with Gasteiger partial charge in [0.2, 0.25) is 10.0 Å². The molecule has 1 aromatic heterocycles. The monoisotopic (exact) mass is 278 g/mol. The van der Waals surface area contributed by atoms with Crippen molar-refractivity contribution in [1.29, 1.82) is 0 Å². The molecule has 0 fully saturated rings. The van der Waals surface area contributed by atoms with Crippen LogP contribution in [-0.2, 0) is 14.8 Å². The fraction of sp³-hybridized carbons (Fsp3) is 0.556. The van der Waals surface area contributed by atoms with Crippen LogP contribution in [0.1, 0.15) is 31.3 Å². The molecule has 2 atom stereocenters. The molecule has 8 heteroatoms. The molecule has 0 aliphatic carbocycles. The summed E-state index contributed by atoms with van der Waals surface area (Å²) in [6.07, 6.45) is 2.09. The third-order valence-electron chi connectivity index (χ3n) is 2.28. The molecule has 0 bridgehead atoms. The lowest BCUT2D eigenvalue weighted by molar-refractivity contribution is -0.136. The molecule has 0 aliphatic heterocycles. The van der Waals surface area contributed by atoms with Gasteiger partial charge < -0.3 is 5.11 Å². The van der Waals surface area contributed by atoms with Crippen LogP contribution in [0.2, 0.25) is 0 Å². The summed E-state index contributed by atoms with van der Waals surface area (Å²) in [4.78, 5) is 14.7. The van der Waals surface area contributed by atoms with E-state index in [9.17, 15) is 13.2 Å². The zero-order valence-electron chi connectivity index (χ0n) is 9.45. The second-order valence-corrected chi connectivity index (χ2v) is 6.43. The topological polar surface area (TPSA) is 96.4 Å². The smallest absolute Gasteiger partial charge is 0.323 e. The first kappa shape index (κ1) is 14.1. The Balaban J connectivity index is 2.86. The number of thiazole rings is 1. The van der Waals surface area contributed by atoms with E-state index in [0.717, 1.165) is 6.92 Å². The van der Waals surface area contributed by atoms with E-state index in [2.05, 4.69) is 9.71 Å². The fourth-order valence-electron chi connectivity index (χ4n) is 1.15. The van der Waals surface area contributed by atoms with E-state index in [1.165, 1.54) is 11.3 Å². The summed E-state index contributed by atoms with van der Waals surface area (Å²) < 4.78 is 25.8. The number of nitrogens with one attached hydrogen (secondary N) is 1. The van der Waals surface area contributed by atoms with Crippen molar-refractivity contribution in [2.75, 3.05) is 0 Å². The highest BCUT2D eigenvalue weighted by atomic mass is 32.2. The highest BCUT2D eigenvalue weighted by Gasteiger charge is 2.30. The van der Waals surface area contributed by atoms with Gasteiger partial charge in [0.25, 0.3) is 0 Å². The summed E-state index contributed by atoms with van der Waals surface area (Å²) >= 11 is 1.33. The van der Waals surface area contributed by atoms with Crippen molar-refractivity contribution in [3.8, 4) is 0 Å². The van der Waals surface area contributed by atoms with Gasteiger partial charge in [0.05, 0.1) is 6.04 Å². The summed E-state index contributed by atoms with van der Waals surface area (Å²) in [5, 5.41) is 9.60. The van der Waals surface area contributed by atoms with Crippen LogP contribution in [0.5, 0.6) is 0 Å². The van der Waals surface area contributed by atoms with E-state index in [4.69, 9.17) is 5.11 Å². The third-order valence-corrected chi connectivity index (χ3v) is 4.91. The molecule has 0 amide bonds. The van der Waals surface area contributed by atoms with E-state index in [0.29, 0.717) is 11.4 Å². The number of aromatic nitrogens is 1. The first-order valence-corrected chi connectivity index (χ1v) is 7.44. The van der Waals surface area contributed by atoms with Gasteiger partial charge in [-0.05, 0) is 13.3 Å². The van der Waals surface area contributed by atoms with Gasteiger partial charge in [-0.1, -0.05) is 6.92 Å². The summed E-state index contributed by atoms with van der Waals surface area (Å²) in [7, 11) is -3.88. The van der Waals surface area contributed by atoms with Crippen molar-refractivity contribution in [3.63, 3.8) is 0 Å². The van der Waals surface area contributed by atoms with Crippen LogP contribution in [-0.4, -0.2) is 29.7 Å². The third kappa shape index (κ3) is 3.48. The molecule has 0 spiro atoms. The maximum Gasteiger partial charge on any atom is 0.323 e. The van der Waals surface area contributed by atoms with Gasteiger partial charge in [0.15, 0.2) is 5.25 Å². The van der Waals surface area contributed by atoms with E-state index in [-0.39, 0.29) is 0 Å². The van der Waals surface area contributed by atoms with Crippen LogP contribution in [0, 0.1) is 0 Å². The number of hydrogen-bond donors (Lipinski definition) is 2. The predicted molar refractivity (Wildman–Crippen MR) is 64.3 cm³/mol. The number of aliphatic carboxylic acids is 1. The molecule has 2 unspecified atom stereocenters. The quantitative estimate of drug-likeness (QED) is 0.808. The standard InChI is InChI=1S/C9H14N2O4S2/c1-3-7(8-10-4-5-16-8)11-17(14,15)6(2)9(12)13/h4-7,11H,3H2,1-2H3,(H,12,13). The summed E-state index contributed by atoms with van der Waals surface area (Å²) in [6.45, 7) is 2.94. The lowest BCUT2D eigenvalue weighted by atomic mass is 10.3. The second-order valence-electron chi connectivity index (χ2n) is 3.47. The predicted octanol–water partition coefficient (Wildman–Crippen LogP) is 0.987. The van der Waals surface area contributed by atoms with Crippen molar-refractivity contribution in [2.45, 2.75) is 31.6 Å². The van der Waals surface area contributed by atoms with E-state index < -0.39 is 27.3 Å². The maximum atomic E-state index is 11.7. The Bertz CT molecular complexity index is 469. The van der Waals surface area contributed by atoms with Crippen molar-refractivity contribution in [3.05, 3.63) is 16.6 Å². The molecule has 0 radical (unpaired) electrons. The Morgan fingerprint density at radius 2 is 2.29 bits per heavy atom. The summed E-state index contributed by atoms with van der Waals surface area (Å²) in [5.74, 6) is -1.37. The Labute approximate surface area is 104 Å². The molecule has 1 heterocycles. The van der Waals surface area contributed by atoms with Crippen LogP contribution in [0.15, 0.2) is 11.6 Å². The van der Waals surface area contributed by atoms with Gasteiger partial charge in [-0.25, -0.2) is 18.1 Å². The zero-order chi connectivity index (χ0) is 13.1. The van der Waals surface area contributed by atoms with Crippen molar-refractivity contribution >= 4 is 27.3 Å². The second kappa shape index (κ2) is 5.56. The van der Waals surface area contributed by atoms with Crippen LogP contribution in [0.3, 0.4) is 0 Å². The molecule has 2 N–H and O–H groups in total. The molecule has 6 nitrogen and oxygen atoms in total. The van der Waals surface area contributed by atoms with Gasteiger partial charge in [0.1, 0.15) is 5.01 Å². The molecule has 1 aromatic rings. The summed E-state index contributed by atoms with van der Waals surface area (Å²) in [5.41, 5.74) is 0. The Hall–Kier alpha value is -0.990. The zero-order valence-corrected chi connectivity index (χ0v) is 11.1. The number of sulfonamides is 1. The van der Waals surface area contributed by atoms with Crippen LogP contribution < -0.4 is 4.72 Å². The van der Waals surface area contributed by atoms with Crippen molar-refractivity contribution < 1.29 is 18.3 Å². The minimum Gasteiger partial charge on any atom is -0.480 e. The largest absolute Gasteiger partial charge is 0.480 e. The molecule has 0 aromatic carbocycles. The number of nitrogens with zero attached hydrogens (tertiary/aromatic N) is 1. The van der Waals surface area contributed by atoms with Gasteiger partial charge in [0, 0.05) is 11.6 Å². The number of carbonyl (C=O) groups is 1. The van der Waals surface area contributed by atoms with Crippen molar-refractivity contribution in [2.24, 2.45) is 0 Å². The van der Waals surface area contributed by atoms with Crippen LogP contribution in [0.4, 0.5) is 0 Å². The lowest BCUT2D eigenvalue weighted by Gasteiger charge is -2.16.